The van der Waals surface area contributed by atoms with Gasteiger partial charge in [0.05, 0.1) is 0 Å². The second kappa shape index (κ2) is 13.0. The summed E-state index contributed by atoms with van der Waals surface area (Å²) >= 11 is 11.4. The molecule has 1 atom stereocenters. The summed E-state index contributed by atoms with van der Waals surface area (Å²) in [4.78, 5) is 0. The van der Waals surface area contributed by atoms with E-state index >= 15 is 0 Å². The predicted molar refractivity (Wildman–Crippen MR) is 96.3 cm³/mol. The molecular formula is C9H16I2N3S2Zn-. The number of hydrogen-bond donors (Lipinski definition) is 1. The van der Waals surface area contributed by atoms with E-state index in [-0.39, 0.29) is 10.1 Å². The van der Waals surface area contributed by atoms with Crippen LogP contribution in [0.3, 0.4) is 0 Å². The molecule has 1 unspecified atom stereocenters. The summed E-state index contributed by atoms with van der Waals surface area (Å²) in [7, 11) is 0.0650. The molecule has 1 aliphatic rings. The van der Waals surface area contributed by atoms with Crippen molar-refractivity contribution in [1.82, 2.24) is 5.43 Å². The van der Waals surface area contributed by atoms with E-state index in [2.05, 4.69) is 55.3 Å². The van der Waals surface area contributed by atoms with Crippen LogP contribution in [-0.4, -0.2) is 28.9 Å². The van der Waals surface area contributed by atoms with Crippen molar-refractivity contribution in [3.8, 4) is 0 Å². The molecule has 8 heteroatoms. The van der Waals surface area contributed by atoms with Crippen LogP contribution in [0.2, 0.25) is 0 Å². The summed E-state index contributed by atoms with van der Waals surface area (Å²) in [6, 6.07) is 0.306. The first-order chi connectivity index (χ1) is 8.15. The van der Waals surface area contributed by atoms with Gasteiger partial charge < -0.3 is 5.32 Å². The van der Waals surface area contributed by atoms with Gasteiger partial charge in [-0.25, -0.2) is 0 Å². The quantitative estimate of drug-likeness (QED) is 0.184. The molecule has 17 heavy (non-hydrogen) atoms. The van der Waals surface area contributed by atoms with E-state index in [0.717, 1.165) is 18.7 Å². The molecule has 0 aromatic rings. The van der Waals surface area contributed by atoms with Gasteiger partial charge in [-0.15, -0.1) is 6.54 Å². The molecule has 1 saturated heterocycles. The van der Waals surface area contributed by atoms with E-state index in [1.165, 1.54) is 24.6 Å². The molecule has 3 nitrogen and oxygen atoms in total. The molecular weight excluding hydrogens is 533 g/mol. The normalized spacial score (nSPS) is 19.8. The molecule has 1 heterocycles. The average molecular weight is 550 g/mol. The molecule has 1 rings (SSSR count). The van der Waals surface area contributed by atoms with Crippen molar-refractivity contribution in [3.63, 3.8) is 0 Å². The van der Waals surface area contributed by atoms with Gasteiger partial charge in [0.15, 0.2) is 4.32 Å². The first-order valence-corrected chi connectivity index (χ1v) is 25.0. The molecule has 0 aromatic heterocycles. The number of piperidine rings is 1. The number of hydrogen-bond acceptors (Lipinski definition) is 3. The van der Waals surface area contributed by atoms with Crippen LogP contribution in [0.15, 0.2) is 5.10 Å². The molecule has 96 valence electrons. The molecule has 0 radical (unpaired) electrons. The average Bonchev–Trinajstić information content (AvgIpc) is 2.37. The van der Waals surface area contributed by atoms with Gasteiger partial charge in [-0.2, -0.15) is 5.10 Å². The van der Waals surface area contributed by atoms with Crippen molar-refractivity contribution in [2.75, 3.05) is 12.8 Å². The summed E-state index contributed by atoms with van der Waals surface area (Å²) in [5, 5.41) is 8.74. The monoisotopic (exact) mass is 548 g/mol. The fraction of sp³-hybridized carbons (Fsp3) is 0.778. The molecule has 0 saturated carbocycles. The van der Waals surface area contributed by atoms with Crippen LogP contribution < -0.4 is 5.43 Å². The van der Waals surface area contributed by atoms with Crippen molar-refractivity contribution in [2.45, 2.75) is 32.2 Å². The molecule has 1 N–H and O–H groups in total. The second-order valence-corrected chi connectivity index (χ2v) is 28.4. The van der Waals surface area contributed by atoms with Crippen molar-refractivity contribution >= 4 is 73.5 Å². The Balaban J connectivity index is 0.000000770. The Bertz CT molecular complexity index is 248. The number of thioether (sulfide) groups is 1. The third-order valence-corrected chi connectivity index (χ3v) is 3.28. The van der Waals surface area contributed by atoms with Gasteiger partial charge >= 0.3 is 49.6 Å². The van der Waals surface area contributed by atoms with Crippen molar-refractivity contribution in [1.29, 1.82) is 0 Å². The number of hydrazone groups is 1. The Morgan fingerprint density at radius 1 is 1.53 bits per heavy atom. The fourth-order valence-electron chi connectivity index (χ4n) is 1.38. The zero-order chi connectivity index (χ0) is 13.1. The van der Waals surface area contributed by atoms with Gasteiger partial charge in [0.2, 0.25) is 0 Å². The molecule has 0 amide bonds. The van der Waals surface area contributed by atoms with E-state index in [0.29, 0.717) is 10.4 Å². The Hall–Kier alpha value is 1.95. The van der Waals surface area contributed by atoms with Crippen LogP contribution in [0.5, 0.6) is 0 Å². The van der Waals surface area contributed by atoms with E-state index in [9.17, 15) is 0 Å². The number of thiocarbonyl (C=S) groups is 1. The van der Waals surface area contributed by atoms with E-state index in [1.54, 1.807) is 0 Å². The number of halogens is 2. The van der Waals surface area contributed by atoms with Crippen LogP contribution in [0, 0.1) is 0 Å². The van der Waals surface area contributed by atoms with Crippen LogP contribution in [0.25, 0.3) is 5.32 Å². The topological polar surface area (TPSA) is 38.5 Å². The first-order valence-electron chi connectivity index (χ1n) is 5.32. The van der Waals surface area contributed by atoms with E-state index in [4.69, 9.17) is 12.2 Å². The van der Waals surface area contributed by atoms with Crippen molar-refractivity contribution in [3.05, 3.63) is 5.32 Å². The van der Waals surface area contributed by atoms with Crippen LogP contribution in [0.4, 0.5) is 0 Å². The summed E-state index contributed by atoms with van der Waals surface area (Å²) < 4.78 is 0.708. The van der Waals surface area contributed by atoms with Crippen molar-refractivity contribution < 1.29 is 10.1 Å². The fourth-order valence-corrected chi connectivity index (χ4v) is 1.57. The number of rotatable bonds is 2. The zero-order valence-corrected chi connectivity index (χ0v) is 19.0. The van der Waals surface area contributed by atoms with Crippen LogP contribution in [0.1, 0.15) is 26.2 Å². The first kappa shape index (κ1) is 19.0. The van der Waals surface area contributed by atoms with Crippen LogP contribution >= 0.6 is 63.5 Å². The van der Waals surface area contributed by atoms with E-state index in [1.807, 2.05) is 13.2 Å². The molecule has 0 spiro atoms. The SMILES string of the molecule is CSC(=S)N/N=C(\C)C1CCCC[N-]1.[I][Zn][I]. The predicted octanol–water partition coefficient (Wildman–Crippen LogP) is 4.29. The van der Waals surface area contributed by atoms with Gasteiger partial charge in [-0.05, 0) is 13.2 Å². The molecule has 0 bridgehead atoms. The molecule has 0 aliphatic carbocycles. The summed E-state index contributed by atoms with van der Waals surface area (Å²) in [5.41, 5.74) is 3.89. The van der Waals surface area contributed by atoms with E-state index < -0.39 is 0 Å². The van der Waals surface area contributed by atoms with Gasteiger partial charge in [0.1, 0.15) is 0 Å². The molecule has 1 fully saturated rings. The summed E-state index contributed by atoms with van der Waals surface area (Å²) in [6.07, 6.45) is 5.54. The minimum absolute atomic E-state index is 0.0650. The minimum atomic E-state index is 0.0650. The Morgan fingerprint density at radius 2 is 2.18 bits per heavy atom. The van der Waals surface area contributed by atoms with Gasteiger partial charge in [0, 0.05) is 5.71 Å². The Kier molecular flexibility index (Phi) is 14.4. The molecule has 1 aliphatic heterocycles. The Labute approximate surface area is 142 Å². The third-order valence-electron chi connectivity index (χ3n) is 2.23. The standard InChI is InChI=1S/C9H16N3S2.2HI.Zn/c1-7(11-12-9(13)14-2)8-5-3-4-6-10-8;;;/h8H,3-6H2,1-2H3,(H,12,13);2*1H;/q-1;;;+2/p-2/b11-7+;;;. The Morgan fingerprint density at radius 3 is 2.65 bits per heavy atom. The maximum atomic E-state index is 4.99. The summed E-state index contributed by atoms with van der Waals surface area (Å²) in [6.45, 7) is 2.99. The van der Waals surface area contributed by atoms with Gasteiger partial charge in [-0.1, -0.05) is 49.3 Å². The number of nitrogens with zero attached hydrogens (tertiary/aromatic N) is 2. The second-order valence-electron chi connectivity index (χ2n) is 3.38. The molecule has 0 aromatic carbocycles. The van der Waals surface area contributed by atoms with Gasteiger partial charge in [0.25, 0.3) is 0 Å². The third kappa shape index (κ3) is 10.4. The van der Waals surface area contributed by atoms with Crippen molar-refractivity contribution in [2.24, 2.45) is 5.10 Å². The summed E-state index contributed by atoms with van der Waals surface area (Å²) in [5.74, 6) is 0. The number of nitrogens with one attached hydrogen (secondary N) is 1. The zero-order valence-electron chi connectivity index (χ0n) is 10.1. The maximum absolute atomic E-state index is 4.99. The van der Waals surface area contributed by atoms with Crippen LogP contribution in [-0.2, 0) is 10.1 Å². The van der Waals surface area contributed by atoms with Gasteiger partial charge in [-0.3, -0.25) is 5.43 Å².